The highest BCUT2D eigenvalue weighted by Gasteiger charge is 2.15. The third-order valence-corrected chi connectivity index (χ3v) is 2.95. The van der Waals surface area contributed by atoms with Crippen molar-refractivity contribution in [2.45, 2.75) is 13.2 Å². The summed E-state index contributed by atoms with van der Waals surface area (Å²) in [6.45, 7) is -2.95. The van der Waals surface area contributed by atoms with E-state index in [0.717, 1.165) is 0 Å². The van der Waals surface area contributed by atoms with Crippen LogP contribution in [0.25, 0.3) is 0 Å². The lowest BCUT2D eigenvalue weighted by Gasteiger charge is -2.12. The molecule has 2 rings (SSSR count). The Morgan fingerprint density at radius 1 is 1.30 bits per heavy atom. The van der Waals surface area contributed by atoms with E-state index in [0.29, 0.717) is 10.3 Å². The molecule has 1 heterocycles. The van der Waals surface area contributed by atoms with Gasteiger partial charge in [0.05, 0.1) is 7.11 Å². The van der Waals surface area contributed by atoms with Crippen molar-refractivity contribution in [2.24, 2.45) is 0 Å². The van der Waals surface area contributed by atoms with Crippen molar-refractivity contribution in [2.75, 3.05) is 7.11 Å². The minimum atomic E-state index is -2.99. The summed E-state index contributed by atoms with van der Waals surface area (Å²) in [5.41, 5.74) is 0.452. The molecule has 0 aliphatic heterocycles. The number of methoxy groups -OCH3 is 1. The lowest BCUT2D eigenvalue weighted by molar-refractivity contribution is -0.607. The third kappa shape index (κ3) is 4.29. The molecule has 0 atom stereocenters. The predicted molar refractivity (Wildman–Crippen MR) is 76.2 cm³/mol. The molecule has 0 saturated carbocycles. The first-order chi connectivity index (χ1) is 11.0. The zero-order valence-corrected chi connectivity index (χ0v) is 12.2. The van der Waals surface area contributed by atoms with Crippen molar-refractivity contribution in [1.29, 1.82) is 0 Å². The molecule has 8 heteroatoms. The van der Waals surface area contributed by atoms with Gasteiger partial charge in [0, 0.05) is 18.7 Å². The number of rotatable bonds is 6. The van der Waals surface area contributed by atoms with Crippen LogP contribution < -0.4 is 19.5 Å². The number of alkyl halides is 2. The second-order valence-corrected chi connectivity index (χ2v) is 4.46. The molecular formula is C15H14F2N2O4. The summed E-state index contributed by atoms with van der Waals surface area (Å²) in [7, 11) is 1.33. The highest BCUT2D eigenvalue weighted by atomic mass is 19.3. The number of carbonyl (C=O) groups excluding carboxylic acids is 1. The maximum Gasteiger partial charge on any atom is 0.387 e. The Balaban J connectivity index is 2.08. The van der Waals surface area contributed by atoms with Crippen LogP contribution in [-0.4, -0.2) is 19.6 Å². The Morgan fingerprint density at radius 2 is 2.09 bits per heavy atom. The number of hydrogen-bond donors (Lipinski definition) is 1. The van der Waals surface area contributed by atoms with Gasteiger partial charge in [-0.3, -0.25) is 4.79 Å². The number of benzene rings is 1. The molecule has 0 aliphatic carbocycles. The summed E-state index contributed by atoms with van der Waals surface area (Å²) in [5, 5.41) is 14.0. The number of nitrogens with zero attached hydrogens (tertiary/aromatic N) is 1. The highest BCUT2D eigenvalue weighted by molar-refractivity contribution is 5.90. The fourth-order valence-corrected chi connectivity index (χ4v) is 1.90. The van der Waals surface area contributed by atoms with Gasteiger partial charge in [-0.15, -0.1) is 0 Å². The number of ether oxygens (including phenoxy) is 2. The normalized spacial score (nSPS) is 10.4. The van der Waals surface area contributed by atoms with E-state index >= 15 is 0 Å². The molecule has 1 N–H and O–H groups in total. The zero-order chi connectivity index (χ0) is 16.8. The number of nitrogens with one attached hydrogen (secondary N) is 1. The number of carbonyl (C=O) groups is 1. The summed E-state index contributed by atoms with van der Waals surface area (Å²) in [4.78, 5) is 11.9. The smallest absolute Gasteiger partial charge is 0.387 e. The molecule has 0 spiro atoms. The van der Waals surface area contributed by atoms with Crippen molar-refractivity contribution in [1.82, 2.24) is 5.32 Å². The Labute approximate surface area is 130 Å². The average Bonchev–Trinajstić information content (AvgIpc) is 2.52. The fraction of sp³-hybridized carbons (Fsp3) is 0.200. The quantitative estimate of drug-likeness (QED) is 0.650. The van der Waals surface area contributed by atoms with Crippen LogP contribution in [0.5, 0.6) is 11.5 Å². The van der Waals surface area contributed by atoms with Crippen molar-refractivity contribution in [3.05, 3.63) is 59.1 Å². The van der Waals surface area contributed by atoms with E-state index in [9.17, 15) is 18.8 Å². The molecule has 0 bridgehead atoms. The van der Waals surface area contributed by atoms with E-state index in [-0.39, 0.29) is 23.7 Å². The first kappa shape index (κ1) is 16.5. The van der Waals surface area contributed by atoms with E-state index in [1.165, 1.54) is 37.6 Å². The zero-order valence-electron chi connectivity index (χ0n) is 12.2. The summed E-state index contributed by atoms with van der Waals surface area (Å²) < 4.78 is 34.4. The molecule has 1 aromatic heterocycles. The largest absolute Gasteiger partial charge is 0.618 e. The maximum absolute atomic E-state index is 12.4. The van der Waals surface area contributed by atoms with Crippen LogP contribution in [0, 0.1) is 5.21 Å². The van der Waals surface area contributed by atoms with Crippen molar-refractivity contribution < 1.29 is 27.8 Å². The first-order valence-electron chi connectivity index (χ1n) is 6.59. The first-order valence-corrected chi connectivity index (χ1v) is 6.59. The van der Waals surface area contributed by atoms with Crippen LogP contribution in [0.3, 0.4) is 0 Å². The molecule has 1 aromatic carbocycles. The van der Waals surface area contributed by atoms with Crippen molar-refractivity contribution >= 4 is 5.91 Å². The molecule has 23 heavy (non-hydrogen) atoms. The molecule has 0 unspecified atom stereocenters. The third-order valence-electron chi connectivity index (χ3n) is 2.95. The van der Waals surface area contributed by atoms with Crippen LogP contribution in [0.2, 0.25) is 0 Å². The summed E-state index contributed by atoms with van der Waals surface area (Å²) >= 11 is 0. The van der Waals surface area contributed by atoms with Crippen LogP contribution in [0.1, 0.15) is 16.1 Å². The Kier molecular flexibility index (Phi) is 5.29. The summed E-state index contributed by atoms with van der Waals surface area (Å²) in [6, 6.07) is 8.82. The van der Waals surface area contributed by atoms with Crippen molar-refractivity contribution in [3.63, 3.8) is 0 Å². The fourth-order valence-electron chi connectivity index (χ4n) is 1.90. The molecule has 6 nitrogen and oxygen atoms in total. The second kappa shape index (κ2) is 7.39. The van der Waals surface area contributed by atoms with E-state index in [1.807, 2.05) is 0 Å². The van der Waals surface area contributed by atoms with E-state index in [2.05, 4.69) is 10.1 Å². The van der Waals surface area contributed by atoms with Gasteiger partial charge in [-0.05, 0) is 23.8 Å². The molecule has 0 saturated heterocycles. The van der Waals surface area contributed by atoms with E-state index in [4.69, 9.17) is 4.74 Å². The molecular weight excluding hydrogens is 310 g/mol. The topological polar surface area (TPSA) is 74.5 Å². The van der Waals surface area contributed by atoms with Gasteiger partial charge in [0.25, 0.3) is 5.69 Å². The van der Waals surface area contributed by atoms with Crippen LogP contribution in [0.15, 0.2) is 42.6 Å². The SMILES string of the molecule is COc1ccc(CNC(=O)c2cccc[n+]2[O-])cc1OC(F)F. The van der Waals surface area contributed by atoms with E-state index in [1.54, 1.807) is 12.1 Å². The summed E-state index contributed by atoms with van der Waals surface area (Å²) in [5.74, 6) is -0.554. The molecule has 122 valence electrons. The van der Waals surface area contributed by atoms with Crippen molar-refractivity contribution in [3.8, 4) is 11.5 Å². The highest BCUT2D eigenvalue weighted by Crippen LogP contribution is 2.29. The van der Waals surface area contributed by atoms with Gasteiger partial charge in [0.1, 0.15) is 0 Å². The number of amides is 1. The molecule has 1 amide bonds. The van der Waals surface area contributed by atoms with Gasteiger partial charge in [-0.25, -0.2) is 0 Å². The lowest BCUT2D eigenvalue weighted by Crippen LogP contribution is -2.38. The van der Waals surface area contributed by atoms with Gasteiger partial charge in [-0.2, -0.15) is 13.5 Å². The van der Waals surface area contributed by atoms with Crippen LogP contribution >= 0.6 is 0 Å². The second-order valence-electron chi connectivity index (χ2n) is 4.46. The molecule has 0 aliphatic rings. The van der Waals surface area contributed by atoms with Crippen LogP contribution in [0.4, 0.5) is 8.78 Å². The Bertz CT molecular complexity index is 695. The van der Waals surface area contributed by atoms with Gasteiger partial charge in [-0.1, -0.05) is 6.07 Å². The maximum atomic E-state index is 12.4. The van der Waals surface area contributed by atoms with Gasteiger partial charge in [0.15, 0.2) is 17.7 Å². The average molecular weight is 324 g/mol. The number of hydrogen-bond acceptors (Lipinski definition) is 4. The number of aromatic nitrogens is 1. The lowest BCUT2D eigenvalue weighted by atomic mass is 10.2. The standard InChI is InChI=1S/C15H14F2N2O4/c1-22-12-6-5-10(8-13(12)23-15(16)17)9-18-14(20)11-4-2-3-7-19(11)21/h2-8,15H,9H2,1H3,(H,18,20). The molecule has 0 radical (unpaired) electrons. The minimum Gasteiger partial charge on any atom is -0.618 e. The van der Waals surface area contributed by atoms with Gasteiger partial charge >= 0.3 is 12.5 Å². The Morgan fingerprint density at radius 3 is 2.74 bits per heavy atom. The van der Waals surface area contributed by atoms with Gasteiger partial charge < -0.3 is 20.0 Å². The minimum absolute atomic E-state index is 0.0390. The molecule has 2 aromatic rings. The Hall–Kier alpha value is -2.90. The molecule has 0 fully saturated rings. The van der Waals surface area contributed by atoms with E-state index < -0.39 is 12.5 Å². The predicted octanol–water partition coefficient (Wildman–Crippen LogP) is 1.86. The monoisotopic (exact) mass is 324 g/mol. The summed E-state index contributed by atoms with van der Waals surface area (Å²) in [6.07, 6.45) is 1.21. The number of halogens is 2. The van der Waals surface area contributed by atoms with Crippen LogP contribution in [-0.2, 0) is 6.54 Å². The number of pyridine rings is 1. The van der Waals surface area contributed by atoms with Gasteiger partial charge in [0.2, 0.25) is 0 Å².